The molecule has 0 aliphatic carbocycles. The highest BCUT2D eigenvalue weighted by Gasteiger charge is 2.29. The lowest BCUT2D eigenvalue weighted by molar-refractivity contribution is 0.509. The van der Waals surface area contributed by atoms with Gasteiger partial charge in [0, 0.05) is 13.5 Å². The minimum atomic E-state index is -2.88. The van der Waals surface area contributed by atoms with Crippen LogP contribution in [0, 0.1) is 5.92 Å². The first-order valence-corrected chi connectivity index (χ1v) is 12.1. The largest absolute Gasteiger partial charge is 0.419 e. The molecule has 3 aromatic heterocycles. The van der Waals surface area contributed by atoms with E-state index in [-0.39, 0.29) is 22.7 Å². The number of thioether (sulfide) groups is 1. The molecule has 0 N–H and O–H groups in total. The maximum absolute atomic E-state index is 11.6. The third-order valence-electron chi connectivity index (χ3n) is 4.53. The molecule has 4 rings (SSSR count). The molecular formula is C16H19N5O3S3. The van der Waals surface area contributed by atoms with Gasteiger partial charge in [0.15, 0.2) is 15.0 Å². The summed E-state index contributed by atoms with van der Waals surface area (Å²) in [5.74, 6) is 2.50. The van der Waals surface area contributed by atoms with Gasteiger partial charge < -0.3 is 8.98 Å². The lowest BCUT2D eigenvalue weighted by Gasteiger charge is -2.09. The molecule has 0 bridgehead atoms. The molecule has 0 unspecified atom stereocenters. The first-order valence-electron chi connectivity index (χ1n) is 8.54. The van der Waals surface area contributed by atoms with Gasteiger partial charge in [-0.1, -0.05) is 17.8 Å². The van der Waals surface area contributed by atoms with Crippen molar-refractivity contribution in [3.05, 3.63) is 29.2 Å². The molecule has 0 amide bonds. The number of aromatic nitrogens is 5. The number of rotatable bonds is 6. The van der Waals surface area contributed by atoms with Crippen molar-refractivity contribution < 1.29 is 12.8 Å². The molecule has 4 heterocycles. The molecule has 1 fully saturated rings. The van der Waals surface area contributed by atoms with E-state index in [2.05, 4.69) is 20.4 Å². The van der Waals surface area contributed by atoms with Gasteiger partial charge in [-0.3, -0.25) is 0 Å². The molecule has 3 aromatic rings. The standard InChI is InChI=1S/C16H19N5O3S3/c1-10(14-18-19-15(24-14)12-4-3-6-25-12)26-16-20-17-13(21(16)2)8-11-5-7-27(22,23)9-11/h3-4,6,10-11H,5,7-9H2,1-2H3/t10-,11-/m0/s1. The molecule has 144 valence electrons. The van der Waals surface area contributed by atoms with E-state index in [1.165, 1.54) is 11.8 Å². The molecule has 8 nitrogen and oxygen atoms in total. The minimum absolute atomic E-state index is 0.0752. The Morgan fingerprint density at radius 1 is 1.37 bits per heavy atom. The summed E-state index contributed by atoms with van der Waals surface area (Å²) >= 11 is 3.04. The Morgan fingerprint density at radius 2 is 2.22 bits per heavy atom. The highest BCUT2D eigenvalue weighted by molar-refractivity contribution is 7.99. The molecule has 11 heteroatoms. The smallest absolute Gasteiger partial charge is 0.257 e. The number of sulfone groups is 1. The van der Waals surface area contributed by atoms with Crippen molar-refractivity contribution in [3.63, 3.8) is 0 Å². The van der Waals surface area contributed by atoms with Crippen LogP contribution in [-0.4, -0.2) is 44.9 Å². The van der Waals surface area contributed by atoms with Gasteiger partial charge >= 0.3 is 0 Å². The molecular weight excluding hydrogens is 406 g/mol. The van der Waals surface area contributed by atoms with Gasteiger partial charge in [0.25, 0.3) is 5.89 Å². The highest BCUT2D eigenvalue weighted by Crippen LogP contribution is 2.35. The molecule has 0 saturated carbocycles. The van der Waals surface area contributed by atoms with E-state index in [0.717, 1.165) is 15.9 Å². The van der Waals surface area contributed by atoms with Gasteiger partial charge in [0.1, 0.15) is 5.82 Å². The average Bonchev–Trinajstić information content (AvgIpc) is 3.38. The third-order valence-corrected chi connectivity index (χ3v) is 8.34. The van der Waals surface area contributed by atoms with Crippen LogP contribution in [-0.2, 0) is 23.3 Å². The quantitative estimate of drug-likeness (QED) is 0.555. The van der Waals surface area contributed by atoms with E-state index in [1.807, 2.05) is 36.1 Å². The van der Waals surface area contributed by atoms with Crippen molar-refractivity contribution in [1.29, 1.82) is 0 Å². The summed E-state index contributed by atoms with van der Waals surface area (Å²) in [5, 5.41) is 19.4. The Labute approximate surface area is 165 Å². The van der Waals surface area contributed by atoms with E-state index < -0.39 is 9.84 Å². The molecule has 0 spiro atoms. The normalized spacial score (nSPS) is 20.1. The van der Waals surface area contributed by atoms with Crippen LogP contribution in [0.5, 0.6) is 0 Å². The summed E-state index contributed by atoms with van der Waals surface area (Å²) in [6.45, 7) is 1.98. The van der Waals surface area contributed by atoms with Gasteiger partial charge in [-0.25, -0.2) is 8.42 Å². The van der Waals surface area contributed by atoms with Crippen molar-refractivity contribution in [2.75, 3.05) is 11.5 Å². The van der Waals surface area contributed by atoms with Gasteiger partial charge in [-0.05, 0) is 30.7 Å². The Bertz CT molecular complexity index is 1030. The molecule has 0 aromatic carbocycles. The zero-order valence-corrected chi connectivity index (χ0v) is 17.4. The Kier molecular flexibility index (Phi) is 5.08. The maximum atomic E-state index is 11.6. The summed E-state index contributed by atoms with van der Waals surface area (Å²) in [5.41, 5.74) is 0. The highest BCUT2D eigenvalue weighted by atomic mass is 32.2. The second-order valence-corrected chi connectivity index (χ2v) is 11.1. The number of thiophene rings is 1. The first-order chi connectivity index (χ1) is 12.9. The van der Waals surface area contributed by atoms with Crippen LogP contribution in [0.25, 0.3) is 10.8 Å². The van der Waals surface area contributed by atoms with Gasteiger partial charge in [-0.15, -0.1) is 31.7 Å². The van der Waals surface area contributed by atoms with E-state index in [0.29, 0.717) is 24.6 Å². The second-order valence-electron chi connectivity index (χ2n) is 6.61. The molecule has 27 heavy (non-hydrogen) atoms. The maximum Gasteiger partial charge on any atom is 0.257 e. The molecule has 1 saturated heterocycles. The summed E-state index contributed by atoms with van der Waals surface area (Å²) < 4.78 is 31.0. The third kappa shape index (κ3) is 4.09. The summed E-state index contributed by atoms with van der Waals surface area (Å²) in [6.07, 6.45) is 1.32. The van der Waals surface area contributed by atoms with E-state index in [9.17, 15) is 8.42 Å². The number of hydrogen-bond acceptors (Lipinski definition) is 9. The van der Waals surface area contributed by atoms with Crippen LogP contribution < -0.4 is 0 Å². The lowest BCUT2D eigenvalue weighted by Crippen LogP contribution is -2.11. The SMILES string of the molecule is C[C@H](Sc1nnc(C[C@@H]2CCS(=O)(=O)C2)n1C)c1nnc(-c2cccs2)o1. The monoisotopic (exact) mass is 425 g/mol. The summed E-state index contributed by atoms with van der Waals surface area (Å²) in [7, 11) is -0.981. The second kappa shape index (κ2) is 7.36. The first kappa shape index (κ1) is 18.6. The van der Waals surface area contributed by atoms with Crippen LogP contribution in [0.4, 0.5) is 0 Å². The topological polar surface area (TPSA) is 104 Å². The van der Waals surface area contributed by atoms with Gasteiger partial charge in [0.2, 0.25) is 5.89 Å². The van der Waals surface area contributed by atoms with Crippen molar-refractivity contribution in [3.8, 4) is 10.8 Å². The van der Waals surface area contributed by atoms with Crippen LogP contribution in [0.15, 0.2) is 27.1 Å². The summed E-state index contributed by atoms with van der Waals surface area (Å²) in [4.78, 5) is 0.943. The van der Waals surface area contributed by atoms with E-state index in [4.69, 9.17) is 4.42 Å². The molecule has 0 radical (unpaired) electrons. The van der Waals surface area contributed by atoms with Crippen molar-refractivity contribution in [2.24, 2.45) is 13.0 Å². The fourth-order valence-electron chi connectivity index (χ4n) is 3.02. The van der Waals surface area contributed by atoms with E-state index >= 15 is 0 Å². The lowest BCUT2D eigenvalue weighted by atomic mass is 10.1. The zero-order valence-electron chi connectivity index (χ0n) is 14.9. The minimum Gasteiger partial charge on any atom is -0.419 e. The number of hydrogen-bond donors (Lipinski definition) is 0. The Morgan fingerprint density at radius 3 is 2.93 bits per heavy atom. The van der Waals surface area contributed by atoms with Crippen LogP contribution in [0.1, 0.15) is 30.3 Å². The van der Waals surface area contributed by atoms with Crippen LogP contribution in [0.3, 0.4) is 0 Å². The Balaban J connectivity index is 1.43. The van der Waals surface area contributed by atoms with Crippen LogP contribution in [0.2, 0.25) is 0 Å². The average molecular weight is 426 g/mol. The Hall–Kier alpha value is -1.72. The van der Waals surface area contributed by atoms with Crippen molar-refractivity contribution in [1.82, 2.24) is 25.0 Å². The molecule has 2 atom stereocenters. The van der Waals surface area contributed by atoms with Crippen LogP contribution >= 0.6 is 23.1 Å². The number of nitrogens with zero attached hydrogens (tertiary/aromatic N) is 5. The van der Waals surface area contributed by atoms with Crippen molar-refractivity contribution >= 4 is 32.9 Å². The summed E-state index contributed by atoms with van der Waals surface area (Å²) in [6, 6.07) is 3.89. The van der Waals surface area contributed by atoms with Gasteiger partial charge in [0.05, 0.1) is 21.6 Å². The van der Waals surface area contributed by atoms with Crippen molar-refractivity contribution in [2.45, 2.75) is 30.2 Å². The van der Waals surface area contributed by atoms with Gasteiger partial charge in [-0.2, -0.15) is 0 Å². The predicted octanol–water partition coefficient (Wildman–Crippen LogP) is 2.76. The zero-order chi connectivity index (χ0) is 19.0. The van der Waals surface area contributed by atoms with E-state index in [1.54, 1.807) is 11.3 Å². The molecule has 1 aliphatic rings. The predicted molar refractivity (Wildman–Crippen MR) is 103 cm³/mol. The fraction of sp³-hybridized carbons (Fsp3) is 0.500. The fourth-order valence-corrected chi connectivity index (χ4v) is 6.39. The molecule has 1 aliphatic heterocycles.